The lowest BCUT2D eigenvalue weighted by molar-refractivity contribution is 0.0656. The first-order chi connectivity index (χ1) is 12.1. The summed E-state index contributed by atoms with van der Waals surface area (Å²) in [7, 11) is 4.00. The van der Waals surface area contributed by atoms with E-state index in [0.29, 0.717) is 12.2 Å². The minimum Gasteiger partial charge on any atom is -0.335 e. The van der Waals surface area contributed by atoms with E-state index in [1.54, 1.807) is 12.4 Å². The van der Waals surface area contributed by atoms with Gasteiger partial charge in [-0.05, 0) is 19.5 Å². The van der Waals surface area contributed by atoms with E-state index in [2.05, 4.69) is 31.9 Å². The predicted octanol–water partition coefficient (Wildman–Crippen LogP) is 0.160. The Labute approximate surface area is 147 Å². The van der Waals surface area contributed by atoms with Crippen LogP contribution in [0.4, 0.5) is 5.95 Å². The van der Waals surface area contributed by atoms with Crippen molar-refractivity contribution in [1.82, 2.24) is 29.5 Å². The Balaban J connectivity index is 1.57. The number of aromatic nitrogens is 4. The maximum Gasteiger partial charge on any atom is 0.274 e. The molecule has 0 spiro atoms. The zero-order chi connectivity index (χ0) is 17.4. The van der Waals surface area contributed by atoms with E-state index in [1.807, 2.05) is 22.7 Å². The smallest absolute Gasteiger partial charge is 0.274 e. The van der Waals surface area contributed by atoms with Crippen LogP contribution in [0.3, 0.4) is 0 Å². The number of piperazine rings is 1. The first kappa shape index (κ1) is 16.0. The molecule has 8 heteroatoms. The zero-order valence-electron chi connectivity index (χ0n) is 14.7. The van der Waals surface area contributed by atoms with Crippen LogP contribution in [0.1, 0.15) is 21.7 Å². The number of nitrogens with zero attached hydrogens (tertiary/aromatic N) is 7. The molecular weight excluding hydrogens is 318 g/mol. The summed E-state index contributed by atoms with van der Waals surface area (Å²) < 4.78 is 1.84. The van der Waals surface area contributed by atoms with Crippen molar-refractivity contribution in [2.24, 2.45) is 7.05 Å². The van der Waals surface area contributed by atoms with Crippen LogP contribution >= 0.6 is 0 Å². The highest BCUT2D eigenvalue weighted by atomic mass is 16.2. The number of aryl methyl sites for hydroxylation is 1. The largest absolute Gasteiger partial charge is 0.335 e. The van der Waals surface area contributed by atoms with E-state index >= 15 is 0 Å². The van der Waals surface area contributed by atoms with Gasteiger partial charge >= 0.3 is 0 Å². The second kappa shape index (κ2) is 6.44. The van der Waals surface area contributed by atoms with Gasteiger partial charge in [-0.1, -0.05) is 0 Å². The molecule has 8 nitrogen and oxygen atoms in total. The molecule has 4 rings (SSSR count). The van der Waals surface area contributed by atoms with Gasteiger partial charge in [-0.15, -0.1) is 0 Å². The average molecular weight is 341 g/mol. The van der Waals surface area contributed by atoms with Crippen molar-refractivity contribution >= 4 is 11.9 Å². The topological polar surface area (TPSA) is 70.4 Å². The molecule has 0 bridgehead atoms. The van der Waals surface area contributed by atoms with E-state index < -0.39 is 0 Å². The maximum absolute atomic E-state index is 12.9. The minimum absolute atomic E-state index is 0.0642. The SMILES string of the molecule is CN1CCN(C(=O)c2nn(C)c3c2CCN(c2ncccn2)C3)CC1. The lowest BCUT2D eigenvalue weighted by Crippen LogP contribution is -2.47. The normalized spacial score (nSPS) is 18.3. The van der Waals surface area contributed by atoms with E-state index in [-0.39, 0.29) is 5.91 Å². The molecule has 1 amide bonds. The zero-order valence-corrected chi connectivity index (χ0v) is 14.7. The van der Waals surface area contributed by atoms with Gasteiger partial charge in [0.2, 0.25) is 5.95 Å². The van der Waals surface area contributed by atoms with Crippen molar-refractivity contribution < 1.29 is 4.79 Å². The maximum atomic E-state index is 12.9. The van der Waals surface area contributed by atoms with Crippen molar-refractivity contribution in [3.63, 3.8) is 0 Å². The Morgan fingerprint density at radius 3 is 2.48 bits per heavy atom. The number of anilines is 1. The highest BCUT2D eigenvalue weighted by molar-refractivity contribution is 5.94. The third-order valence-electron chi connectivity index (χ3n) is 5.08. The van der Waals surface area contributed by atoms with Crippen LogP contribution in [0, 0.1) is 0 Å². The van der Waals surface area contributed by atoms with Gasteiger partial charge in [0, 0.05) is 57.7 Å². The molecule has 2 aromatic rings. The number of carbonyl (C=O) groups excluding carboxylic acids is 1. The summed E-state index contributed by atoms with van der Waals surface area (Å²) in [5.41, 5.74) is 2.78. The highest BCUT2D eigenvalue weighted by Gasteiger charge is 2.31. The predicted molar refractivity (Wildman–Crippen MR) is 93.4 cm³/mol. The Hall–Kier alpha value is -2.48. The molecule has 2 aliphatic rings. The number of fused-ring (bicyclic) bond motifs is 1. The van der Waals surface area contributed by atoms with Crippen LogP contribution in [-0.2, 0) is 20.0 Å². The molecule has 0 aliphatic carbocycles. The van der Waals surface area contributed by atoms with Crippen LogP contribution < -0.4 is 4.90 Å². The molecule has 4 heterocycles. The van der Waals surface area contributed by atoms with E-state index in [1.165, 1.54) is 0 Å². The number of hydrogen-bond acceptors (Lipinski definition) is 6. The van der Waals surface area contributed by atoms with Crippen molar-refractivity contribution in [3.8, 4) is 0 Å². The molecule has 132 valence electrons. The highest BCUT2D eigenvalue weighted by Crippen LogP contribution is 2.25. The summed E-state index contributed by atoms with van der Waals surface area (Å²) in [5.74, 6) is 0.788. The van der Waals surface area contributed by atoms with Crippen LogP contribution in [0.5, 0.6) is 0 Å². The Kier molecular flexibility index (Phi) is 4.12. The quantitative estimate of drug-likeness (QED) is 0.775. The van der Waals surface area contributed by atoms with Gasteiger partial charge < -0.3 is 14.7 Å². The molecule has 2 aliphatic heterocycles. The van der Waals surface area contributed by atoms with E-state index in [0.717, 1.165) is 56.4 Å². The number of rotatable bonds is 2. The Morgan fingerprint density at radius 2 is 1.76 bits per heavy atom. The van der Waals surface area contributed by atoms with Gasteiger partial charge in [-0.25, -0.2) is 9.97 Å². The number of likely N-dealkylation sites (N-methyl/N-ethyl adjacent to an activating group) is 1. The lowest BCUT2D eigenvalue weighted by Gasteiger charge is -2.32. The van der Waals surface area contributed by atoms with Crippen LogP contribution in [0.2, 0.25) is 0 Å². The van der Waals surface area contributed by atoms with Gasteiger partial charge in [0.1, 0.15) is 0 Å². The van der Waals surface area contributed by atoms with Gasteiger partial charge in [0.25, 0.3) is 5.91 Å². The van der Waals surface area contributed by atoms with Crippen molar-refractivity contribution in [1.29, 1.82) is 0 Å². The third kappa shape index (κ3) is 2.97. The molecule has 0 aromatic carbocycles. The molecule has 0 radical (unpaired) electrons. The summed E-state index contributed by atoms with van der Waals surface area (Å²) in [6.07, 6.45) is 4.29. The summed E-state index contributed by atoms with van der Waals surface area (Å²) >= 11 is 0. The van der Waals surface area contributed by atoms with E-state index in [4.69, 9.17) is 0 Å². The molecule has 0 saturated carbocycles. The molecule has 1 saturated heterocycles. The molecule has 25 heavy (non-hydrogen) atoms. The van der Waals surface area contributed by atoms with Crippen molar-refractivity contribution in [2.45, 2.75) is 13.0 Å². The van der Waals surface area contributed by atoms with Gasteiger partial charge in [-0.2, -0.15) is 5.10 Å². The van der Waals surface area contributed by atoms with Crippen LogP contribution in [0.25, 0.3) is 0 Å². The summed E-state index contributed by atoms with van der Waals surface area (Å²) in [6.45, 7) is 4.85. The molecular formula is C17H23N7O. The Bertz CT molecular complexity index is 765. The van der Waals surface area contributed by atoms with Crippen molar-refractivity contribution in [3.05, 3.63) is 35.4 Å². The first-order valence-electron chi connectivity index (χ1n) is 8.68. The minimum atomic E-state index is 0.0642. The Morgan fingerprint density at radius 1 is 1.04 bits per heavy atom. The molecule has 0 atom stereocenters. The summed E-state index contributed by atoms with van der Waals surface area (Å²) in [6, 6.07) is 1.82. The first-order valence-corrected chi connectivity index (χ1v) is 8.68. The molecule has 0 unspecified atom stereocenters. The van der Waals surface area contributed by atoms with E-state index in [9.17, 15) is 4.79 Å². The fraction of sp³-hybridized carbons (Fsp3) is 0.529. The number of hydrogen-bond donors (Lipinski definition) is 0. The molecule has 1 fully saturated rings. The average Bonchev–Trinajstić information content (AvgIpc) is 2.99. The number of amides is 1. The molecule has 0 N–H and O–H groups in total. The second-order valence-corrected chi connectivity index (χ2v) is 6.71. The van der Waals surface area contributed by atoms with Crippen LogP contribution in [-0.4, -0.2) is 75.2 Å². The van der Waals surface area contributed by atoms with Gasteiger partial charge in [-0.3, -0.25) is 9.48 Å². The summed E-state index contributed by atoms with van der Waals surface area (Å²) in [5, 5.41) is 4.56. The second-order valence-electron chi connectivity index (χ2n) is 6.71. The molecule has 2 aromatic heterocycles. The monoisotopic (exact) mass is 341 g/mol. The fourth-order valence-electron chi connectivity index (χ4n) is 3.53. The summed E-state index contributed by atoms with van der Waals surface area (Å²) in [4.78, 5) is 27.9. The van der Waals surface area contributed by atoms with Crippen LogP contribution in [0.15, 0.2) is 18.5 Å². The van der Waals surface area contributed by atoms with Gasteiger partial charge in [0.15, 0.2) is 5.69 Å². The third-order valence-corrected chi connectivity index (χ3v) is 5.08. The van der Waals surface area contributed by atoms with Crippen molar-refractivity contribution in [2.75, 3.05) is 44.7 Å². The standard InChI is InChI=1S/C17H23N7O/c1-21-8-10-23(11-9-21)16(25)15-13-4-7-24(12-14(13)22(2)20-15)17-18-5-3-6-19-17/h3,5-6H,4,7-12H2,1-2H3. The fourth-order valence-corrected chi connectivity index (χ4v) is 3.53. The number of carbonyl (C=O) groups is 1. The lowest BCUT2D eigenvalue weighted by atomic mass is 10.0. The van der Waals surface area contributed by atoms with Gasteiger partial charge in [0.05, 0.1) is 12.2 Å².